The van der Waals surface area contributed by atoms with Gasteiger partial charge in [-0.1, -0.05) is 23.4 Å². The zero-order valence-electron chi connectivity index (χ0n) is 18.1. The molecule has 174 valence electrons. The highest BCUT2D eigenvalue weighted by Gasteiger charge is 2.34. The Hall–Kier alpha value is -3.56. The largest absolute Gasteiger partial charge is 0.493 e. The Morgan fingerprint density at radius 1 is 1.09 bits per heavy atom. The lowest BCUT2D eigenvalue weighted by Crippen LogP contribution is -2.27. The van der Waals surface area contributed by atoms with Crippen molar-refractivity contribution in [1.82, 2.24) is 15.0 Å². The maximum Gasteiger partial charge on any atom is 0.416 e. The van der Waals surface area contributed by atoms with Crippen LogP contribution in [0.2, 0.25) is 0 Å². The van der Waals surface area contributed by atoms with Crippen molar-refractivity contribution < 1.29 is 32.0 Å². The summed E-state index contributed by atoms with van der Waals surface area (Å²) in [6.45, 7) is 0.950. The van der Waals surface area contributed by atoms with Crippen molar-refractivity contribution in [3.8, 4) is 22.9 Å². The smallest absolute Gasteiger partial charge is 0.416 e. The minimum Gasteiger partial charge on any atom is -0.493 e. The van der Waals surface area contributed by atoms with Gasteiger partial charge in [-0.05, 0) is 36.2 Å². The van der Waals surface area contributed by atoms with Crippen LogP contribution in [-0.4, -0.2) is 48.3 Å². The highest BCUT2D eigenvalue weighted by atomic mass is 19.4. The molecule has 1 aliphatic heterocycles. The van der Waals surface area contributed by atoms with Crippen LogP contribution in [0.15, 0.2) is 47.0 Å². The molecule has 10 heteroatoms. The van der Waals surface area contributed by atoms with Gasteiger partial charge in [0.2, 0.25) is 17.6 Å². The lowest BCUT2D eigenvalue weighted by Gasteiger charge is -2.16. The lowest BCUT2D eigenvalue weighted by atomic mass is 10.1. The third-order valence-corrected chi connectivity index (χ3v) is 5.59. The van der Waals surface area contributed by atoms with Crippen molar-refractivity contribution in [3.05, 3.63) is 59.5 Å². The summed E-state index contributed by atoms with van der Waals surface area (Å²) >= 11 is 0. The molecular formula is C23H22F3N3O4. The molecule has 2 heterocycles. The summed E-state index contributed by atoms with van der Waals surface area (Å²) in [6, 6.07) is 10.2. The SMILES string of the molecule is COc1ccc(CCN2CC(c3nc(-c4ccc(C(F)(F)F)cc4)no3)CC2=O)cc1OC. The molecule has 1 aliphatic rings. The second kappa shape index (κ2) is 9.13. The first-order valence-corrected chi connectivity index (χ1v) is 10.3. The lowest BCUT2D eigenvalue weighted by molar-refractivity contribution is -0.137. The Labute approximate surface area is 188 Å². The van der Waals surface area contributed by atoms with Crippen molar-refractivity contribution in [1.29, 1.82) is 0 Å². The summed E-state index contributed by atoms with van der Waals surface area (Å²) in [5, 5.41) is 3.88. The van der Waals surface area contributed by atoms with E-state index in [1.165, 1.54) is 12.1 Å². The molecule has 0 radical (unpaired) electrons. The summed E-state index contributed by atoms with van der Waals surface area (Å²) in [4.78, 5) is 18.6. The van der Waals surface area contributed by atoms with Gasteiger partial charge in [0.15, 0.2) is 11.5 Å². The van der Waals surface area contributed by atoms with Crippen LogP contribution < -0.4 is 9.47 Å². The molecular weight excluding hydrogens is 439 g/mol. The third kappa shape index (κ3) is 4.94. The average molecular weight is 461 g/mol. The van der Waals surface area contributed by atoms with E-state index in [1.807, 2.05) is 18.2 Å². The van der Waals surface area contributed by atoms with E-state index in [0.717, 1.165) is 17.7 Å². The van der Waals surface area contributed by atoms with Gasteiger partial charge in [-0.2, -0.15) is 18.2 Å². The predicted molar refractivity (Wildman–Crippen MR) is 112 cm³/mol. The molecule has 1 saturated heterocycles. The summed E-state index contributed by atoms with van der Waals surface area (Å²) in [5.74, 6) is 1.47. The monoisotopic (exact) mass is 461 g/mol. The zero-order valence-corrected chi connectivity index (χ0v) is 18.1. The number of ether oxygens (including phenoxy) is 2. The number of methoxy groups -OCH3 is 2. The van der Waals surface area contributed by atoms with E-state index in [1.54, 1.807) is 19.1 Å². The van der Waals surface area contributed by atoms with E-state index in [0.29, 0.717) is 42.5 Å². The molecule has 1 atom stereocenters. The first-order chi connectivity index (χ1) is 15.8. The molecule has 2 aromatic carbocycles. The highest BCUT2D eigenvalue weighted by Crippen LogP contribution is 2.32. The highest BCUT2D eigenvalue weighted by molar-refractivity contribution is 5.79. The molecule has 0 saturated carbocycles. The molecule has 0 N–H and O–H groups in total. The number of nitrogens with zero attached hydrogens (tertiary/aromatic N) is 3. The van der Waals surface area contributed by atoms with Crippen molar-refractivity contribution in [2.45, 2.75) is 24.9 Å². The Morgan fingerprint density at radius 2 is 1.82 bits per heavy atom. The number of hydrogen-bond acceptors (Lipinski definition) is 6. The summed E-state index contributed by atoms with van der Waals surface area (Å²) in [7, 11) is 3.14. The maximum absolute atomic E-state index is 12.7. The molecule has 1 aromatic heterocycles. The number of halogens is 3. The molecule has 4 rings (SSSR count). The first kappa shape index (κ1) is 22.6. The minimum atomic E-state index is -4.41. The van der Waals surface area contributed by atoms with Crippen molar-refractivity contribution in [2.24, 2.45) is 0 Å². The minimum absolute atomic E-state index is 0.0187. The Kier molecular flexibility index (Phi) is 6.26. The van der Waals surface area contributed by atoms with Gasteiger partial charge in [-0.15, -0.1) is 0 Å². The fourth-order valence-electron chi connectivity index (χ4n) is 3.78. The van der Waals surface area contributed by atoms with Crippen molar-refractivity contribution in [2.75, 3.05) is 27.3 Å². The Balaban J connectivity index is 1.39. The third-order valence-electron chi connectivity index (χ3n) is 5.59. The van der Waals surface area contributed by atoms with Gasteiger partial charge in [0.25, 0.3) is 0 Å². The van der Waals surface area contributed by atoms with Crippen LogP contribution in [0, 0.1) is 0 Å². The fourth-order valence-corrected chi connectivity index (χ4v) is 3.78. The van der Waals surface area contributed by atoms with Crippen LogP contribution in [0.3, 0.4) is 0 Å². The van der Waals surface area contributed by atoms with Crippen LogP contribution in [0.25, 0.3) is 11.4 Å². The molecule has 33 heavy (non-hydrogen) atoms. The second-order valence-electron chi connectivity index (χ2n) is 7.71. The van der Waals surface area contributed by atoms with Crippen LogP contribution in [0.4, 0.5) is 13.2 Å². The van der Waals surface area contributed by atoms with Gasteiger partial charge >= 0.3 is 6.18 Å². The topological polar surface area (TPSA) is 77.7 Å². The summed E-state index contributed by atoms with van der Waals surface area (Å²) < 4.78 is 54.1. The number of aromatic nitrogens is 2. The molecule has 0 aliphatic carbocycles. The Morgan fingerprint density at radius 3 is 2.48 bits per heavy atom. The number of alkyl halides is 3. The number of rotatable bonds is 7. The van der Waals surface area contributed by atoms with E-state index < -0.39 is 11.7 Å². The fraction of sp³-hybridized carbons (Fsp3) is 0.348. The predicted octanol–water partition coefficient (Wildman–Crippen LogP) is 4.33. The standard InChI is InChI=1S/C23H22F3N3O4/c1-31-18-8-3-14(11-19(18)32-2)9-10-29-13-16(12-20(29)30)22-27-21(28-33-22)15-4-6-17(7-5-15)23(24,25)26/h3-8,11,16H,9-10,12-13H2,1-2H3. The molecule has 1 unspecified atom stereocenters. The van der Waals surface area contributed by atoms with E-state index >= 15 is 0 Å². The molecule has 3 aromatic rings. The molecule has 7 nitrogen and oxygen atoms in total. The maximum atomic E-state index is 12.7. The van der Waals surface area contributed by atoms with Crippen molar-refractivity contribution in [3.63, 3.8) is 0 Å². The van der Waals surface area contributed by atoms with Crippen LogP contribution in [0.1, 0.15) is 29.4 Å². The van der Waals surface area contributed by atoms with Gasteiger partial charge in [0.05, 0.1) is 25.7 Å². The summed E-state index contributed by atoms with van der Waals surface area (Å²) in [6.07, 6.45) is -3.54. The van der Waals surface area contributed by atoms with Gasteiger partial charge in [-0.3, -0.25) is 4.79 Å². The number of hydrogen-bond donors (Lipinski definition) is 0. The zero-order chi connectivity index (χ0) is 23.6. The number of carbonyl (C=O) groups is 1. The van der Waals surface area contributed by atoms with Crippen LogP contribution >= 0.6 is 0 Å². The van der Waals surface area contributed by atoms with Crippen LogP contribution in [-0.2, 0) is 17.4 Å². The quantitative estimate of drug-likeness (QED) is 0.521. The normalized spacial score (nSPS) is 16.3. The summed E-state index contributed by atoms with van der Waals surface area (Å²) in [5.41, 5.74) is 0.667. The van der Waals surface area contributed by atoms with Gasteiger partial charge < -0.3 is 18.9 Å². The molecule has 1 fully saturated rings. The number of benzene rings is 2. The molecule has 1 amide bonds. The number of carbonyl (C=O) groups excluding carboxylic acids is 1. The van der Waals surface area contributed by atoms with E-state index in [-0.39, 0.29) is 24.1 Å². The number of likely N-dealkylation sites (tertiary alicyclic amines) is 1. The average Bonchev–Trinajstić information content (AvgIpc) is 3.44. The van der Waals surface area contributed by atoms with E-state index in [2.05, 4.69) is 10.1 Å². The van der Waals surface area contributed by atoms with Gasteiger partial charge in [0, 0.05) is 25.1 Å². The molecule has 0 bridgehead atoms. The second-order valence-corrected chi connectivity index (χ2v) is 7.71. The van der Waals surface area contributed by atoms with E-state index in [4.69, 9.17) is 14.0 Å². The van der Waals surface area contributed by atoms with Crippen molar-refractivity contribution >= 4 is 5.91 Å². The first-order valence-electron chi connectivity index (χ1n) is 10.3. The Bertz CT molecular complexity index is 1130. The molecule has 0 spiro atoms. The number of amides is 1. The van der Waals surface area contributed by atoms with Gasteiger partial charge in [-0.25, -0.2) is 0 Å². The van der Waals surface area contributed by atoms with E-state index in [9.17, 15) is 18.0 Å². The van der Waals surface area contributed by atoms with Gasteiger partial charge in [0.1, 0.15) is 0 Å². The van der Waals surface area contributed by atoms with Crippen LogP contribution in [0.5, 0.6) is 11.5 Å².